The normalized spacial score (nSPS) is 16.4. The van der Waals surface area contributed by atoms with Crippen LogP contribution < -0.4 is 15.5 Å². The average Bonchev–Trinajstić information content (AvgIpc) is 3.46. The highest BCUT2D eigenvalue weighted by Crippen LogP contribution is 2.45. The van der Waals surface area contributed by atoms with Crippen molar-refractivity contribution in [2.45, 2.75) is 58.6 Å². The number of carbonyl (C=O) groups is 2. The van der Waals surface area contributed by atoms with Crippen LogP contribution in [0.1, 0.15) is 69.2 Å². The minimum atomic E-state index is -0.818. The molecule has 1 aliphatic rings. The summed E-state index contributed by atoms with van der Waals surface area (Å²) < 4.78 is 7.19. The van der Waals surface area contributed by atoms with Gasteiger partial charge in [0.1, 0.15) is 17.4 Å². The number of rotatable bonds is 6. The van der Waals surface area contributed by atoms with Gasteiger partial charge in [0.05, 0.1) is 23.6 Å². The highest BCUT2D eigenvalue weighted by molar-refractivity contribution is 5.95. The number of aliphatic hydroxyl groups excluding tert-OH is 1. The first kappa shape index (κ1) is 28.5. The Bertz CT molecular complexity index is 1500. The van der Waals surface area contributed by atoms with Gasteiger partial charge >= 0.3 is 6.09 Å². The molecule has 0 unspecified atom stereocenters. The molecule has 0 bridgehead atoms. The van der Waals surface area contributed by atoms with Crippen LogP contribution in [0.4, 0.5) is 22.2 Å². The molecule has 12 heteroatoms. The Hall–Kier alpha value is -4.50. The number of ether oxygens (including phenoxy) is 1. The van der Waals surface area contributed by atoms with Crippen molar-refractivity contribution in [3.05, 3.63) is 47.3 Å². The number of nitrogens with zero attached hydrogens (tertiary/aromatic N) is 6. The Labute approximate surface area is 233 Å². The largest absolute Gasteiger partial charge is 0.443 e. The lowest BCUT2D eigenvalue weighted by Gasteiger charge is -2.26. The van der Waals surface area contributed by atoms with Crippen molar-refractivity contribution < 1.29 is 19.4 Å². The van der Waals surface area contributed by atoms with Crippen molar-refractivity contribution in [3.63, 3.8) is 0 Å². The summed E-state index contributed by atoms with van der Waals surface area (Å²) in [7, 11) is 1.56. The third-order valence-corrected chi connectivity index (χ3v) is 6.50. The highest BCUT2D eigenvalue weighted by atomic mass is 16.6. The van der Waals surface area contributed by atoms with Gasteiger partial charge in [-0.3, -0.25) is 14.4 Å². The third kappa shape index (κ3) is 5.46. The van der Waals surface area contributed by atoms with Crippen LogP contribution >= 0.6 is 0 Å². The Morgan fingerprint density at radius 3 is 2.60 bits per heavy atom. The van der Waals surface area contributed by atoms with Crippen LogP contribution in [0, 0.1) is 11.3 Å². The van der Waals surface area contributed by atoms with Gasteiger partial charge in [-0.2, -0.15) is 10.4 Å². The quantitative estimate of drug-likeness (QED) is 0.417. The number of aromatic nitrogens is 4. The maximum absolute atomic E-state index is 13.0. The number of benzene rings is 1. The molecule has 0 fully saturated rings. The number of nitrogens with one attached hydrogen (secondary N) is 2. The first-order valence-corrected chi connectivity index (χ1v) is 12.9. The van der Waals surface area contributed by atoms with Gasteiger partial charge in [0, 0.05) is 42.9 Å². The fourth-order valence-corrected chi connectivity index (χ4v) is 4.58. The summed E-state index contributed by atoms with van der Waals surface area (Å²) in [4.78, 5) is 35.7. The number of fused-ring (bicyclic) bond motifs is 1. The van der Waals surface area contributed by atoms with E-state index >= 15 is 0 Å². The van der Waals surface area contributed by atoms with E-state index in [9.17, 15) is 20.0 Å². The number of nitriles is 1. The average molecular weight is 547 g/mol. The van der Waals surface area contributed by atoms with Crippen LogP contribution in [0.5, 0.6) is 0 Å². The van der Waals surface area contributed by atoms with Crippen molar-refractivity contribution in [3.8, 4) is 17.3 Å². The second-order valence-corrected chi connectivity index (χ2v) is 11.2. The van der Waals surface area contributed by atoms with Gasteiger partial charge < -0.3 is 20.5 Å². The van der Waals surface area contributed by atoms with Crippen molar-refractivity contribution in [2.75, 3.05) is 30.4 Å². The molecule has 3 N–H and O–H groups in total. The molecule has 0 aliphatic carbocycles. The number of amides is 2. The van der Waals surface area contributed by atoms with Crippen LogP contribution in [-0.4, -0.2) is 62.7 Å². The lowest BCUT2D eigenvalue weighted by atomic mass is 9.83. The van der Waals surface area contributed by atoms with E-state index in [1.54, 1.807) is 56.9 Å². The Morgan fingerprint density at radius 2 is 2.00 bits per heavy atom. The monoisotopic (exact) mass is 546 g/mol. The first-order valence-electron chi connectivity index (χ1n) is 12.9. The molecule has 0 spiro atoms. The van der Waals surface area contributed by atoms with Gasteiger partial charge in [0.25, 0.3) is 5.91 Å². The van der Waals surface area contributed by atoms with E-state index in [1.165, 1.54) is 4.90 Å². The minimum absolute atomic E-state index is 0.0491. The topological polar surface area (TPSA) is 158 Å². The molecule has 4 rings (SSSR count). The van der Waals surface area contributed by atoms with Crippen molar-refractivity contribution in [2.24, 2.45) is 0 Å². The predicted octanol–water partition coefficient (Wildman–Crippen LogP) is 3.90. The predicted molar refractivity (Wildman–Crippen MR) is 149 cm³/mol. The van der Waals surface area contributed by atoms with Crippen molar-refractivity contribution in [1.29, 1.82) is 5.26 Å². The molecule has 0 radical (unpaired) electrons. The van der Waals surface area contributed by atoms with Gasteiger partial charge in [-0.05, 0) is 58.4 Å². The van der Waals surface area contributed by atoms with Gasteiger partial charge in [-0.1, -0.05) is 6.92 Å². The van der Waals surface area contributed by atoms with E-state index in [-0.39, 0.29) is 36.6 Å². The van der Waals surface area contributed by atoms with E-state index < -0.39 is 17.1 Å². The van der Waals surface area contributed by atoms with Crippen LogP contribution in [-0.2, 0) is 10.2 Å². The summed E-state index contributed by atoms with van der Waals surface area (Å²) in [5.41, 5.74) is 1.31. The number of anilines is 3. The molecule has 0 saturated heterocycles. The lowest BCUT2D eigenvalue weighted by molar-refractivity contribution is 0.0574. The molecule has 3 heterocycles. The molecular weight excluding hydrogens is 512 g/mol. The SMILES string of the molecule is CNC(=O)c1cc(Nc2nccc(-c3cc(C#N)c4c(c3)[C@@](C)(CO)CN4C(=O)OC(C)(C)C)n2)nn1C(C)C. The highest BCUT2D eigenvalue weighted by Gasteiger charge is 2.44. The number of aliphatic hydroxyl groups is 1. The summed E-state index contributed by atoms with van der Waals surface area (Å²) in [5, 5.41) is 30.5. The Kier molecular flexibility index (Phi) is 7.54. The van der Waals surface area contributed by atoms with E-state index in [2.05, 4.69) is 31.8 Å². The van der Waals surface area contributed by atoms with Crippen molar-refractivity contribution in [1.82, 2.24) is 25.1 Å². The van der Waals surface area contributed by atoms with Crippen LogP contribution in [0.15, 0.2) is 30.5 Å². The zero-order chi connectivity index (χ0) is 29.4. The molecule has 1 aliphatic heterocycles. The Morgan fingerprint density at radius 1 is 1.27 bits per heavy atom. The van der Waals surface area contributed by atoms with Crippen LogP contribution in [0.3, 0.4) is 0 Å². The van der Waals surface area contributed by atoms with E-state index in [0.717, 1.165) is 0 Å². The maximum atomic E-state index is 13.0. The number of carbonyl (C=O) groups excluding carboxylic acids is 2. The van der Waals surface area contributed by atoms with Gasteiger partial charge in [0.15, 0.2) is 5.82 Å². The lowest BCUT2D eigenvalue weighted by Crippen LogP contribution is -2.40. The zero-order valence-electron chi connectivity index (χ0n) is 23.7. The fourth-order valence-electron chi connectivity index (χ4n) is 4.58. The molecule has 1 aromatic carbocycles. The molecule has 2 aromatic heterocycles. The number of hydrogen-bond donors (Lipinski definition) is 3. The molecule has 210 valence electrons. The zero-order valence-corrected chi connectivity index (χ0v) is 23.7. The van der Waals surface area contributed by atoms with Crippen LogP contribution in [0.25, 0.3) is 11.3 Å². The second kappa shape index (κ2) is 10.6. The summed E-state index contributed by atoms with van der Waals surface area (Å²) in [6.07, 6.45) is 0.988. The van der Waals surface area contributed by atoms with Gasteiger partial charge in [-0.25, -0.2) is 14.8 Å². The van der Waals surface area contributed by atoms with Crippen LogP contribution in [0.2, 0.25) is 0 Å². The third-order valence-electron chi connectivity index (χ3n) is 6.50. The summed E-state index contributed by atoms with van der Waals surface area (Å²) in [6.45, 7) is 10.9. The first-order chi connectivity index (χ1) is 18.8. The molecule has 40 heavy (non-hydrogen) atoms. The standard InChI is InChI=1S/C28H34N8O4/c1-16(2)36-21(24(38)30-7)12-22(34-36)33-25-31-9-8-20(32-25)17-10-18(13-29)23-19(11-17)28(6,15-37)14-35(23)26(39)40-27(3,4)5/h8-12,16,37H,14-15H2,1-7H3,(H,30,38)(H,31,32,33,34)/t28-/m1/s1. The maximum Gasteiger partial charge on any atom is 0.414 e. The number of hydrogen-bond acceptors (Lipinski definition) is 9. The van der Waals surface area contributed by atoms with E-state index in [0.29, 0.717) is 34.0 Å². The molecule has 3 aromatic rings. The molecule has 2 amide bonds. The minimum Gasteiger partial charge on any atom is -0.443 e. The molecule has 0 saturated carbocycles. The van der Waals surface area contributed by atoms with Crippen molar-refractivity contribution >= 4 is 29.5 Å². The summed E-state index contributed by atoms with van der Waals surface area (Å²) in [5.74, 6) is 0.379. The van der Waals surface area contributed by atoms with E-state index in [4.69, 9.17) is 4.74 Å². The van der Waals surface area contributed by atoms with Gasteiger partial charge in [-0.15, -0.1) is 0 Å². The van der Waals surface area contributed by atoms with E-state index in [1.807, 2.05) is 26.8 Å². The molecule has 12 nitrogen and oxygen atoms in total. The van der Waals surface area contributed by atoms with Gasteiger partial charge in [0.2, 0.25) is 5.95 Å². The Balaban J connectivity index is 1.73. The molecular formula is C28H34N8O4. The summed E-state index contributed by atoms with van der Waals surface area (Å²) in [6, 6.07) is 8.96. The molecule has 1 atom stereocenters. The smallest absolute Gasteiger partial charge is 0.414 e. The fraction of sp³-hybridized carbons (Fsp3) is 0.429. The summed E-state index contributed by atoms with van der Waals surface area (Å²) >= 11 is 0. The second-order valence-electron chi connectivity index (χ2n) is 11.2.